The molecule has 0 aromatic heterocycles. The summed E-state index contributed by atoms with van der Waals surface area (Å²) in [6.07, 6.45) is 0.917. The molecular formula is C21H23NO4. The Kier molecular flexibility index (Phi) is 4.55. The molecule has 5 heteroatoms. The van der Waals surface area contributed by atoms with Gasteiger partial charge in [-0.25, -0.2) is 0 Å². The van der Waals surface area contributed by atoms with Crippen LogP contribution in [0.5, 0.6) is 11.5 Å². The lowest BCUT2D eigenvalue weighted by Crippen LogP contribution is -2.29. The van der Waals surface area contributed by atoms with Crippen LogP contribution in [0.15, 0.2) is 36.4 Å². The molecule has 2 aromatic carbocycles. The molecule has 1 atom stereocenters. The van der Waals surface area contributed by atoms with E-state index in [9.17, 15) is 4.79 Å². The zero-order chi connectivity index (χ0) is 18.1. The first kappa shape index (κ1) is 16.9. The number of methoxy groups -OCH3 is 2. The predicted molar refractivity (Wildman–Crippen MR) is 97.7 cm³/mol. The summed E-state index contributed by atoms with van der Waals surface area (Å²) in [5, 5.41) is 0. The number of ether oxygens (including phenoxy) is 3. The van der Waals surface area contributed by atoms with Gasteiger partial charge < -0.3 is 19.1 Å². The fourth-order valence-corrected chi connectivity index (χ4v) is 4.01. The average molecular weight is 353 g/mol. The van der Waals surface area contributed by atoms with Gasteiger partial charge in [-0.3, -0.25) is 4.79 Å². The van der Waals surface area contributed by atoms with Crippen LogP contribution in [-0.2, 0) is 18.0 Å². The maximum atomic E-state index is 13.1. The lowest BCUT2D eigenvalue weighted by Gasteiger charge is -2.20. The molecule has 0 N–H and O–H groups in total. The van der Waals surface area contributed by atoms with E-state index in [4.69, 9.17) is 14.2 Å². The molecule has 26 heavy (non-hydrogen) atoms. The second kappa shape index (κ2) is 7.00. The number of benzene rings is 2. The van der Waals surface area contributed by atoms with Gasteiger partial charge in [0.2, 0.25) is 0 Å². The Balaban J connectivity index is 1.56. The summed E-state index contributed by atoms with van der Waals surface area (Å²) in [6, 6.07) is 11.8. The first-order valence-corrected chi connectivity index (χ1v) is 8.91. The number of likely N-dealkylation sites (tertiary alicyclic amines) is 1. The van der Waals surface area contributed by atoms with Gasteiger partial charge in [0.15, 0.2) is 11.5 Å². The molecule has 1 amide bonds. The summed E-state index contributed by atoms with van der Waals surface area (Å²) in [6.45, 7) is 2.56. The Morgan fingerprint density at radius 1 is 1.12 bits per heavy atom. The fraction of sp³-hybridized carbons (Fsp3) is 0.381. The molecule has 0 bridgehead atoms. The van der Waals surface area contributed by atoms with Gasteiger partial charge in [-0.2, -0.15) is 0 Å². The van der Waals surface area contributed by atoms with Gasteiger partial charge in [0.1, 0.15) is 0 Å². The predicted octanol–water partition coefficient (Wildman–Crippen LogP) is 3.36. The topological polar surface area (TPSA) is 48.0 Å². The Morgan fingerprint density at radius 2 is 1.96 bits per heavy atom. The number of hydrogen-bond donors (Lipinski definition) is 0. The molecular weight excluding hydrogens is 330 g/mol. The number of para-hydroxylation sites is 1. The highest BCUT2D eigenvalue weighted by Gasteiger charge is 2.32. The van der Waals surface area contributed by atoms with E-state index >= 15 is 0 Å². The third-order valence-electron chi connectivity index (χ3n) is 5.36. The summed E-state index contributed by atoms with van der Waals surface area (Å²) >= 11 is 0. The number of carbonyl (C=O) groups excluding carboxylic acids is 1. The summed E-state index contributed by atoms with van der Waals surface area (Å²) in [5.41, 5.74) is 4.04. The SMILES string of the molecule is COc1cccc(C2CCN(C(=O)c3cccc4c3COC4)C2)c1OC. The number of rotatable bonds is 4. The van der Waals surface area contributed by atoms with Gasteiger partial charge in [0, 0.05) is 30.1 Å². The molecule has 136 valence electrons. The van der Waals surface area contributed by atoms with Crippen LogP contribution in [0.2, 0.25) is 0 Å². The van der Waals surface area contributed by atoms with Crippen LogP contribution in [-0.4, -0.2) is 38.1 Å². The lowest BCUT2D eigenvalue weighted by molar-refractivity contribution is 0.0786. The number of fused-ring (bicyclic) bond motifs is 1. The van der Waals surface area contributed by atoms with Crippen LogP contribution in [0.1, 0.15) is 39.4 Å². The van der Waals surface area contributed by atoms with Crippen LogP contribution in [0.25, 0.3) is 0 Å². The van der Waals surface area contributed by atoms with Crippen molar-refractivity contribution in [2.75, 3.05) is 27.3 Å². The van der Waals surface area contributed by atoms with Crippen molar-refractivity contribution in [1.82, 2.24) is 4.90 Å². The minimum absolute atomic E-state index is 0.0942. The van der Waals surface area contributed by atoms with Crippen LogP contribution < -0.4 is 9.47 Å². The quantitative estimate of drug-likeness (QED) is 0.846. The van der Waals surface area contributed by atoms with Crippen molar-refractivity contribution in [1.29, 1.82) is 0 Å². The summed E-state index contributed by atoms with van der Waals surface area (Å²) in [7, 11) is 3.30. The molecule has 5 nitrogen and oxygen atoms in total. The normalized spacial score (nSPS) is 18.7. The molecule has 1 saturated heterocycles. The highest BCUT2D eigenvalue weighted by molar-refractivity contribution is 5.96. The Hall–Kier alpha value is -2.53. The van der Waals surface area contributed by atoms with Gasteiger partial charge >= 0.3 is 0 Å². The van der Waals surface area contributed by atoms with E-state index in [1.807, 2.05) is 35.2 Å². The largest absolute Gasteiger partial charge is 0.493 e. The molecule has 1 unspecified atom stereocenters. The Bertz CT molecular complexity index is 833. The second-order valence-corrected chi connectivity index (χ2v) is 6.76. The van der Waals surface area contributed by atoms with Crippen molar-refractivity contribution in [2.45, 2.75) is 25.6 Å². The van der Waals surface area contributed by atoms with Crippen molar-refractivity contribution < 1.29 is 19.0 Å². The standard InChI is InChI=1S/C21H23NO4/c1-24-19-8-4-6-16(20(19)25-2)14-9-10-22(11-14)21(23)17-7-3-5-15-12-26-13-18(15)17/h3-8,14H,9-13H2,1-2H3. The van der Waals surface area contributed by atoms with E-state index in [1.165, 1.54) is 0 Å². The van der Waals surface area contributed by atoms with Crippen molar-refractivity contribution >= 4 is 5.91 Å². The number of amides is 1. The average Bonchev–Trinajstić information content (AvgIpc) is 3.35. The molecule has 4 rings (SSSR count). The van der Waals surface area contributed by atoms with Crippen LogP contribution in [0.4, 0.5) is 0 Å². The molecule has 2 aliphatic rings. The summed E-state index contributed by atoms with van der Waals surface area (Å²) in [5.74, 6) is 1.84. The molecule has 0 saturated carbocycles. The van der Waals surface area contributed by atoms with Crippen molar-refractivity contribution in [3.8, 4) is 11.5 Å². The van der Waals surface area contributed by atoms with Gasteiger partial charge in [-0.05, 0) is 29.7 Å². The number of carbonyl (C=O) groups is 1. The first-order valence-electron chi connectivity index (χ1n) is 8.91. The summed E-state index contributed by atoms with van der Waals surface area (Å²) < 4.78 is 16.5. The monoisotopic (exact) mass is 353 g/mol. The van der Waals surface area contributed by atoms with Gasteiger partial charge in [0.25, 0.3) is 5.91 Å². The molecule has 0 aliphatic carbocycles. The Morgan fingerprint density at radius 3 is 2.77 bits per heavy atom. The lowest BCUT2D eigenvalue weighted by atomic mass is 9.97. The minimum Gasteiger partial charge on any atom is -0.493 e. The zero-order valence-electron chi connectivity index (χ0n) is 15.2. The smallest absolute Gasteiger partial charge is 0.254 e. The van der Waals surface area contributed by atoms with Crippen molar-refractivity contribution in [3.63, 3.8) is 0 Å². The number of nitrogens with zero attached hydrogens (tertiary/aromatic N) is 1. The van der Waals surface area contributed by atoms with E-state index < -0.39 is 0 Å². The summed E-state index contributed by atoms with van der Waals surface area (Å²) in [4.78, 5) is 15.0. The van der Waals surface area contributed by atoms with E-state index in [1.54, 1.807) is 14.2 Å². The van der Waals surface area contributed by atoms with Crippen LogP contribution in [0, 0.1) is 0 Å². The van der Waals surface area contributed by atoms with Gasteiger partial charge in [-0.15, -0.1) is 0 Å². The molecule has 2 aromatic rings. The highest BCUT2D eigenvalue weighted by Crippen LogP contribution is 2.39. The maximum absolute atomic E-state index is 13.1. The highest BCUT2D eigenvalue weighted by atomic mass is 16.5. The van der Waals surface area contributed by atoms with Gasteiger partial charge in [-0.1, -0.05) is 24.3 Å². The molecule has 0 radical (unpaired) electrons. The van der Waals surface area contributed by atoms with E-state index in [0.29, 0.717) is 19.8 Å². The molecule has 1 fully saturated rings. The third-order valence-corrected chi connectivity index (χ3v) is 5.36. The zero-order valence-corrected chi connectivity index (χ0v) is 15.2. The Labute approximate surface area is 153 Å². The maximum Gasteiger partial charge on any atom is 0.254 e. The molecule has 0 spiro atoms. The minimum atomic E-state index is 0.0942. The number of hydrogen-bond acceptors (Lipinski definition) is 4. The van der Waals surface area contributed by atoms with E-state index in [0.717, 1.165) is 46.7 Å². The van der Waals surface area contributed by atoms with Crippen molar-refractivity contribution in [2.24, 2.45) is 0 Å². The van der Waals surface area contributed by atoms with Crippen LogP contribution in [0.3, 0.4) is 0 Å². The first-order chi connectivity index (χ1) is 12.7. The van der Waals surface area contributed by atoms with Crippen molar-refractivity contribution in [3.05, 3.63) is 58.7 Å². The van der Waals surface area contributed by atoms with E-state index in [2.05, 4.69) is 6.07 Å². The molecule has 2 aliphatic heterocycles. The third kappa shape index (κ3) is 2.82. The van der Waals surface area contributed by atoms with Crippen LogP contribution >= 0.6 is 0 Å². The molecule has 2 heterocycles. The second-order valence-electron chi connectivity index (χ2n) is 6.76. The van der Waals surface area contributed by atoms with Gasteiger partial charge in [0.05, 0.1) is 27.4 Å². The fourth-order valence-electron chi connectivity index (χ4n) is 4.01. The van der Waals surface area contributed by atoms with E-state index in [-0.39, 0.29) is 11.8 Å².